The molecule has 0 fully saturated rings. The van der Waals surface area contributed by atoms with Crippen LogP contribution < -0.4 is 11.1 Å². The molecular formula is C7H13N3O2. The molecule has 1 aliphatic heterocycles. The number of nitrogens with zero attached hydrogens (tertiary/aromatic N) is 1. The van der Waals surface area contributed by atoms with Crippen molar-refractivity contribution >= 4 is 12.8 Å². The first-order chi connectivity index (χ1) is 5.83. The van der Waals surface area contributed by atoms with Crippen LogP contribution in [0.3, 0.4) is 0 Å². The average molecular weight is 171 g/mol. The highest BCUT2D eigenvalue weighted by Crippen LogP contribution is 2.02. The van der Waals surface area contributed by atoms with E-state index in [0.717, 1.165) is 13.0 Å². The van der Waals surface area contributed by atoms with Gasteiger partial charge in [-0.15, -0.1) is 0 Å². The van der Waals surface area contributed by atoms with Crippen LogP contribution in [-0.2, 0) is 9.53 Å². The van der Waals surface area contributed by atoms with E-state index in [1.807, 2.05) is 0 Å². The summed E-state index contributed by atoms with van der Waals surface area (Å²) >= 11 is 0. The van der Waals surface area contributed by atoms with E-state index in [9.17, 15) is 4.79 Å². The standard InChI is InChI=1S/C7H13N3O2/c8-6(3-12-5-11)1-7-2-9-4-10-7/h4-7H,1-3,8H2,(H,9,10)/t6-,7?/m0/s1. The van der Waals surface area contributed by atoms with Gasteiger partial charge in [0.05, 0.1) is 12.4 Å². The minimum atomic E-state index is -0.114. The van der Waals surface area contributed by atoms with Gasteiger partial charge in [-0.2, -0.15) is 0 Å². The topological polar surface area (TPSA) is 76.7 Å². The van der Waals surface area contributed by atoms with Crippen molar-refractivity contribution in [3.05, 3.63) is 0 Å². The Hall–Kier alpha value is -1.10. The maximum atomic E-state index is 9.83. The molecule has 0 saturated carbocycles. The van der Waals surface area contributed by atoms with Crippen molar-refractivity contribution in [2.75, 3.05) is 13.2 Å². The highest BCUT2D eigenvalue weighted by atomic mass is 16.5. The minimum absolute atomic E-state index is 0.114. The first-order valence-corrected chi connectivity index (χ1v) is 3.89. The van der Waals surface area contributed by atoms with Crippen LogP contribution in [0.5, 0.6) is 0 Å². The molecule has 3 N–H and O–H groups in total. The second-order valence-corrected chi connectivity index (χ2v) is 2.77. The fraction of sp³-hybridized carbons (Fsp3) is 0.714. The zero-order valence-corrected chi connectivity index (χ0v) is 6.77. The van der Waals surface area contributed by atoms with E-state index < -0.39 is 0 Å². The molecule has 1 rings (SSSR count). The smallest absolute Gasteiger partial charge is 0.293 e. The maximum absolute atomic E-state index is 9.83. The minimum Gasteiger partial charge on any atom is -0.466 e. The van der Waals surface area contributed by atoms with E-state index in [1.54, 1.807) is 6.34 Å². The van der Waals surface area contributed by atoms with Crippen molar-refractivity contribution in [3.8, 4) is 0 Å². The molecular weight excluding hydrogens is 158 g/mol. The predicted octanol–water partition coefficient (Wildman–Crippen LogP) is -1.12. The van der Waals surface area contributed by atoms with E-state index in [4.69, 9.17) is 5.73 Å². The van der Waals surface area contributed by atoms with Crippen LogP contribution in [0.4, 0.5) is 0 Å². The molecule has 0 aliphatic carbocycles. The molecule has 12 heavy (non-hydrogen) atoms. The first-order valence-electron chi connectivity index (χ1n) is 3.89. The van der Waals surface area contributed by atoms with Gasteiger partial charge in [0.25, 0.3) is 6.47 Å². The van der Waals surface area contributed by atoms with Crippen LogP contribution in [0.1, 0.15) is 6.42 Å². The van der Waals surface area contributed by atoms with Gasteiger partial charge in [0.1, 0.15) is 6.61 Å². The highest BCUT2D eigenvalue weighted by Gasteiger charge is 2.14. The van der Waals surface area contributed by atoms with Crippen molar-refractivity contribution in [1.29, 1.82) is 0 Å². The second kappa shape index (κ2) is 4.71. The lowest BCUT2D eigenvalue weighted by molar-refractivity contribution is -0.129. The Morgan fingerprint density at radius 2 is 2.75 bits per heavy atom. The van der Waals surface area contributed by atoms with Gasteiger partial charge in [-0.05, 0) is 6.42 Å². The van der Waals surface area contributed by atoms with Crippen LogP contribution in [0, 0.1) is 0 Å². The Bertz CT molecular complexity index is 172. The Balaban J connectivity index is 2.12. The summed E-state index contributed by atoms with van der Waals surface area (Å²) in [4.78, 5) is 14.0. The highest BCUT2D eigenvalue weighted by molar-refractivity contribution is 5.57. The van der Waals surface area contributed by atoms with Crippen LogP contribution in [0.25, 0.3) is 0 Å². The molecule has 0 bridgehead atoms. The quantitative estimate of drug-likeness (QED) is 0.513. The summed E-state index contributed by atoms with van der Waals surface area (Å²) in [6.45, 7) is 1.51. The van der Waals surface area contributed by atoms with Gasteiger partial charge in [0.2, 0.25) is 0 Å². The monoisotopic (exact) mass is 171 g/mol. The summed E-state index contributed by atoms with van der Waals surface area (Å²) < 4.78 is 4.53. The molecule has 0 spiro atoms. The molecule has 2 atom stereocenters. The molecule has 5 heteroatoms. The number of aliphatic imine (C=N–C) groups is 1. The SMILES string of the molecule is N[C@H](COC=O)CC1CNC=N1. The number of nitrogens with two attached hydrogens (primary N) is 1. The number of hydrogen-bond acceptors (Lipinski definition) is 5. The molecule has 1 heterocycles. The van der Waals surface area contributed by atoms with E-state index in [-0.39, 0.29) is 18.7 Å². The largest absolute Gasteiger partial charge is 0.466 e. The molecule has 0 aromatic heterocycles. The number of hydrogen-bond donors (Lipinski definition) is 2. The third kappa shape index (κ3) is 2.87. The second-order valence-electron chi connectivity index (χ2n) is 2.77. The third-order valence-electron chi connectivity index (χ3n) is 1.68. The number of carbonyl (C=O) groups excluding carboxylic acids is 1. The van der Waals surface area contributed by atoms with Gasteiger partial charge in [-0.1, -0.05) is 0 Å². The van der Waals surface area contributed by atoms with Crippen LogP contribution >= 0.6 is 0 Å². The van der Waals surface area contributed by atoms with Gasteiger partial charge in [-0.25, -0.2) is 0 Å². The Morgan fingerprint density at radius 3 is 3.33 bits per heavy atom. The first kappa shape index (κ1) is 8.99. The molecule has 0 amide bonds. The molecule has 0 aromatic carbocycles. The summed E-state index contributed by atoms with van der Waals surface area (Å²) in [5, 5.41) is 2.98. The fourth-order valence-corrected chi connectivity index (χ4v) is 1.12. The molecule has 0 saturated heterocycles. The Morgan fingerprint density at radius 1 is 1.92 bits per heavy atom. The van der Waals surface area contributed by atoms with E-state index >= 15 is 0 Å². The van der Waals surface area contributed by atoms with Crippen LogP contribution in [0.15, 0.2) is 4.99 Å². The van der Waals surface area contributed by atoms with E-state index in [1.165, 1.54) is 0 Å². The van der Waals surface area contributed by atoms with Gasteiger partial charge >= 0.3 is 0 Å². The third-order valence-corrected chi connectivity index (χ3v) is 1.68. The number of ether oxygens (including phenoxy) is 1. The molecule has 0 aromatic rings. The van der Waals surface area contributed by atoms with E-state index in [2.05, 4.69) is 15.0 Å². The number of carbonyl (C=O) groups is 1. The summed E-state index contributed by atoms with van der Waals surface area (Å²) in [5.74, 6) is 0. The lowest BCUT2D eigenvalue weighted by atomic mass is 10.1. The van der Waals surface area contributed by atoms with Crippen molar-refractivity contribution in [1.82, 2.24) is 5.32 Å². The zero-order valence-electron chi connectivity index (χ0n) is 6.77. The molecule has 1 aliphatic rings. The zero-order chi connectivity index (χ0) is 8.81. The average Bonchev–Trinajstić information content (AvgIpc) is 2.53. The lowest BCUT2D eigenvalue weighted by Crippen LogP contribution is -2.31. The van der Waals surface area contributed by atoms with Crippen LogP contribution in [-0.4, -0.2) is 38.0 Å². The van der Waals surface area contributed by atoms with Gasteiger partial charge in [0, 0.05) is 12.6 Å². The summed E-state index contributed by atoms with van der Waals surface area (Å²) in [7, 11) is 0. The summed E-state index contributed by atoms with van der Waals surface area (Å²) in [6.07, 6.45) is 2.43. The van der Waals surface area contributed by atoms with Crippen molar-refractivity contribution in [2.45, 2.75) is 18.5 Å². The molecule has 5 nitrogen and oxygen atoms in total. The normalized spacial score (nSPS) is 23.2. The van der Waals surface area contributed by atoms with Crippen molar-refractivity contribution in [2.24, 2.45) is 10.7 Å². The molecule has 1 unspecified atom stereocenters. The number of rotatable bonds is 5. The van der Waals surface area contributed by atoms with Gasteiger partial charge < -0.3 is 15.8 Å². The van der Waals surface area contributed by atoms with Crippen molar-refractivity contribution < 1.29 is 9.53 Å². The summed E-state index contributed by atoms with van der Waals surface area (Å²) in [5.41, 5.74) is 5.65. The predicted molar refractivity (Wildman–Crippen MR) is 44.9 cm³/mol. The fourth-order valence-electron chi connectivity index (χ4n) is 1.12. The Kier molecular flexibility index (Phi) is 3.53. The maximum Gasteiger partial charge on any atom is 0.293 e. The van der Waals surface area contributed by atoms with Gasteiger partial charge in [-0.3, -0.25) is 9.79 Å². The molecule has 0 radical (unpaired) electrons. The lowest BCUT2D eigenvalue weighted by Gasteiger charge is -2.12. The molecule has 68 valence electrons. The summed E-state index contributed by atoms with van der Waals surface area (Å²) in [6, 6.07) is 0.118. The van der Waals surface area contributed by atoms with Gasteiger partial charge in [0.15, 0.2) is 0 Å². The number of nitrogens with one attached hydrogen (secondary N) is 1. The van der Waals surface area contributed by atoms with E-state index in [0.29, 0.717) is 6.47 Å². The van der Waals surface area contributed by atoms with Crippen molar-refractivity contribution in [3.63, 3.8) is 0 Å². The Labute approximate surface area is 71.0 Å². The van der Waals surface area contributed by atoms with Crippen LogP contribution in [0.2, 0.25) is 0 Å².